The summed E-state index contributed by atoms with van der Waals surface area (Å²) in [5.41, 5.74) is -1.38. The monoisotopic (exact) mass is 394 g/mol. The average Bonchev–Trinajstić information content (AvgIpc) is 2.89. The van der Waals surface area contributed by atoms with E-state index in [0.29, 0.717) is 0 Å². The second kappa shape index (κ2) is 8.70. The zero-order valence-corrected chi connectivity index (χ0v) is 14.8. The molecule has 1 aromatic rings. The van der Waals surface area contributed by atoms with Gasteiger partial charge in [-0.05, 0) is 4.57 Å². The Labute approximate surface area is 147 Å². The number of aliphatic hydroxyl groups is 1. The van der Waals surface area contributed by atoms with Crippen molar-refractivity contribution in [2.45, 2.75) is 24.5 Å². The Morgan fingerprint density at radius 1 is 1.52 bits per heavy atom. The number of aromatic amines is 1. The molecule has 1 fully saturated rings. The van der Waals surface area contributed by atoms with E-state index in [1.165, 1.54) is 13.2 Å². The highest BCUT2D eigenvalue weighted by atomic mass is 32.7. The number of carbonyl (C=O) groups is 1. The molecule has 1 aromatic heterocycles. The number of H-pyrrole nitrogens is 1. The molecule has 25 heavy (non-hydrogen) atoms. The number of hydrogen-bond donors (Lipinski definition) is 4. The van der Waals surface area contributed by atoms with Gasteiger partial charge in [-0.1, -0.05) is 0 Å². The minimum atomic E-state index is -2.37. The molecule has 0 aromatic carbocycles. The van der Waals surface area contributed by atoms with Crippen molar-refractivity contribution < 1.29 is 28.5 Å². The van der Waals surface area contributed by atoms with Gasteiger partial charge in [0.25, 0.3) is 5.56 Å². The summed E-state index contributed by atoms with van der Waals surface area (Å²) in [6, 6.07) is 1.10. The highest BCUT2D eigenvalue weighted by Gasteiger charge is 2.51. The standard InChI is InChI=1S/C12H16N3O8PS/c1-13-8(18)5-21-10-9(23-24(20)25)6(4-16)22-11(10)15-3-2-7(17)14-12(15)19/h2-3,6,9-11,16H,4-5H2,1H3,(H2-,13,14,17,18,19,20,25)/p+1/t6-,9?,10?,11-/m1/s1. The molecule has 1 amide bonds. The van der Waals surface area contributed by atoms with E-state index < -0.39 is 55.5 Å². The molecule has 3 N–H and O–H groups in total. The fourth-order valence-corrected chi connectivity index (χ4v) is 3.15. The van der Waals surface area contributed by atoms with E-state index in [9.17, 15) is 24.1 Å². The minimum absolute atomic E-state index is 0.388. The van der Waals surface area contributed by atoms with E-state index in [1.807, 2.05) is 0 Å². The Kier molecular flexibility index (Phi) is 6.87. The first-order valence-electron chi connectivity index (χ1n) is 7.10. The van der Waals surface area contributed by atoms with Gasteiger partial charge >= 0.3 is 12.9 Å². The summed E-state index contributed by atoms with van der Waals surface area (Å²) in [5, 5.41) is 11.8. The van der Waals surface area contributed by atoms with Crippen molar-refractivity contribution in [2.75, 3.05) is 20.3 Å². The smallest absolute Gasteiger partial charge is 0.394 e. The lowest BCUT2D eigenvalue weighted by atomic mass is 10.1. The molecular weight excluding hydrogens is 377 g/mol. The summed E-state index contributed by atoms with van der Waals surface area (Å²) in [5.74, 6) is -0.450. The Hall–Kier alpha value is -1.56. The van der Waals surface area contributed by atoms with Gasteiger partial charge in [-0.3, -0.25) is 19.1 Å². The van der Waals surface area contributed by atoms with Crippen LogP contribution in [0.1, 0.15) is 6.23 Å². The maximum absolute atomic E-state index is 12.0. The van der Waals surface area contributed by atoms with Crippen LogP contribution in [-0.2, 0) is 23.4 Å². The molecule has 0 saturated carbocycles. The van der Waals surface area contributed by atoms with Gasteiger partial charge in [0.1, 0.15) is 31.1 Å². The Bertz CT molecular complexity index is 752. The molecule has 11 nitrogen and oxygen atoms in total. The van der Waals surface area contributed by atoms with Crippen molar-refractivity contribution in [3.05, 3.63) is 33.1 Å². The highest BCUT2D eigenvalue weighted by Crippen LogP contribution is 2.39. The van der Waals surface area contributed by atoms with Gasteiger partial charge in [0.15, 0.2) is 12.3 Å². The van der Waals surface area contributed by atoms with E-state index in [4.69, 9.17) is 14.0 Å². The lowest BCUT2D eigenvalue weighted by molar-refractivity contribution is -0.132. The van der Waals surface area contributed by atoms with Crippen LogP contribution in [0.4, 0.5) is 0 Å². The molecule has 2 heterocycles. The van der Waals surface area contributed by atoms with Crippen molar-refractivity contribution in [3.63, 3.8) is 0 Å². The van der Waals surface area contributed by atoms with E-state index >= 15 is 0 Å². The predicted octanol–water partition coefficient (Wildman–Crippen LogP) is -1.47. The Balaban J connectivity index is 2.36. The first kappa shape index (κ1) is 19.8. The van der Waals surface area contributed by atoms with Crippen molar-refractivity contribution in [3.8, 4) is 0 Å². The minimum Gasteiger partial charge on any atom is -0.394 e. The summed E-state index contributed by atoms with van der Waals surface area (Å²) in [6.45, 7) is -0.906. The molecule has 0 bridgehead atoms. The second-order valence-corrected chi connectivity index (χ2v) is 6.69. The maximum atomic E-state index is 12.0. The van der Waals surface area contributed by atoms with Crippen molar-refractivity contribution in [1.82, 2.24) is 14.9 Å². The van der Waals surface area contributed by atoms with Crippen LogP contribution < -0.4 is 16.6 Å². The number of likely N-dealkylation sites (N-methyl/N-ethyl adjacent to an activating group) is 1. The molecule has 13 heteroatoms. The lowest BCUT2D eigenvalue weighted by Gasteiger charge is -2.21. The van der Waals surface area contributed by atoms with Crippen LogP contribution in [0, 0.1) is 0 Å². The van der Waals surface area contributed by atoms with Crippen LogP contribution in [-0.4, -0.2) is 59.1 Å². The number of aromatic nitrogens is 2. The molecular formula is C12H17N3O8PS+. The van der Waals surface area contributed by atoms with Crippen molar-refractivity contribution in [1.29, 1.82) is 0 Å². The molecule has 1 aliphatic rings. The first-order chi connectivity index (χ1) is 11.9. The Morgan fingerprint density at radius 3 is 2.80 bits per heavy atom. The number of hydrogen-bond acceptors (Lipinski definition) is 8. The number of nitrogens with one attached hydrogen (secondary N) is 2. The SMILES string of the molecule is CNC(=O)COC1C(O[P+](=O)S)[C@@H](CO)O[C@H]1n1ccc(=O)[nH]c1=O. The van der Waals surface area contributed by atoms with E-state index in [-0.39, 0.29) is 6.61 Å². The van der Waals surface area contributed by atoms with E-state index in [0.717, 1.165) is 10.6 Å². The van der Waals surface area contributed by atoms with Gasteiger partial charge in [0, 0.05) is 19.3 Å². The summed E-state index contributed by atoms with van der Waals surface area (Å²) < 4.78 is 28.6. The summed E-state index contributed by atoms with van der Waals surface area (Å²) >= 11 is 3.67. The van der Waals surface area contributed by atoms with E-state index in [1.54, 1.807) is 0 Å². The van der Waals surface area contributed by atoms with Gasteiger partial charge in [0.05, 0.1) is 6.61 Å². The normalized spacial score (nSPS) is 26.4. The van der Waals surface area contributed by atoms with Crippen molar-refractivity contribution in [2.24, 2.45) is 0 Å². The van der Waals surface area contributed by atoms with Crippen LogP contribution in [0.15, 0.2) is 21.9 Å². The lowest BCUT2D eigenvalue weighted by Crippen LogP contribution is -2.41. The average molecular weight is 394 g/mol. The number of carbonyl (C=O) groups excluding carboxylic acids is 1. The zero-order valence-electron chi connectivity index (χ0n) is 13.0. The summed E-state index contributed by atoms with van der Waals surface area (Å²) in [4.78, 5) is 36.7. The molecule has 138 valence electrons. The summed E-state index contributed by atoms with van der Waals surface area (Å²) in [6.07, 6.45) is -3.05. The summed E-state index contributed by atoms with van der Waals surface area (Å²) in [7, 11) is -0.961. The fraction of sp³-hybridized carbons (Fsp3) is 0.583. The number of rotatable bonds is 7. The fourth-order valence-electron chi connectivity index (χ4n) is 2.36. The largest absolute Gasteiger partial charge is 0.582 e. The number of aliphatic hydroxyl groups excluding tert-OH is 1. The van der Waals surface area contributed by atoms with Crippen LogP contribution in [0.2, 0.25) is 0 Å². The third-order valence-electron chi connectivity index (χ3n) is 3.49. The van der Waals surface area contributed by atoms with E-state index in [2.05, 4.69) is 22.5 Å². The van der Waals surface area contributed by atoms with Crippen molar-refractivity contribution >= 4 is 25.4 Å². The Morgan fingerprint density at radius 2 is 2.24 bits per heavy atom. The molecule has 3 unspecified atom stereocenters. The number of thiol groups is 1. The van der Waals surface area contributed by atoms with Crippen LogP contribution in [0.5, 0.6) is 0 Å². The van der Waals surface area contributed by atoms with Gasteiger partial charge in [0.2, 0.25) is 5.91 Å². The molecule has 1 saturated heterocycles. The molecule has 0 spiro atoms. The predicted molar refractivity (Wildman–Crippen MR) is 87.6 cm³/mol. The molecule has 0 radical (unpaired) electrons. The molecule has 1 aliphatic heterocycles. The number of ether oxygens (including phenoxy) is 2. The van der Waals surface area contributed by atoms with Crippen LogP contribution >= 0.6 is 19.5 Å². The number of nitrogens with zero attached hydrogens (tertiary/aromatic N) is 1. The third kappa shape index (κ3) is 4.75. The number of amides is 1. The van der Waals surface area contributed by atoms with Gasteiger partial charge < -0.3 is 19.9 Å². The second-order valence-electron chi connectivity index (χ2n) is 5.02. The quantitative estimate of drug-likeness (QED) is 0.324. The van der Waals surface area contributed by atoms with Gasteiger partial charge in [-0.25, -0.2) is 4.79 Å². The first-order valence-corrected chi connectivity index (χ1v) is 9.43. The van der Waals surface area contributed by atoms with Gasteiger partial charge in [-0.15, -0.1) is 4.52 Å². The topological polar surface area (TPSA) is 149 Å². The van der Waals surface area contributed by atoms with Crippen LogP contribution in [0.25, 0.3) is 0 Å². The zero-order chi connectivity index (χ0) is 18.6. The molecule has 0 aliphatic carbocycles. The van der Waals surface area contributed by atoms with Crippen LogP contribution in [0.3, 0.4) is 0 Å². The highest BCUT2D eigenvalue weighted by molar-refractivity contribution is 8.39. The third-order valence-corrected chi connectivity index (χ3v) is 4.19. The molecule has 5 atom stereocenters. The van der Waals surface area contributed by atoms with Gasteiger partial charge in [-0.2, -0.15) is 0 Å². The maximum Gasteiger partial charge on any atom is 0.582 e. The molecule has 2 rings (SSSR count).